The van der Waals surface area contributed by atoms with E-state index in [-0.39, 0.29) is 24.4 Å². The Hall–Kier alpha value is -3.12. The second-order valence-electron chi connectivity index (χ2n) is 9.24. The average molecular weight is 463 g/mol. The third kappa shape index (κ3) is 4.81. The summed E-state index contributed by atoms with van der Waals surface area (Å²) in [5.41, 5.74) is 2.30. The number of thiophene rings is 1. The van der Waals surface area contributed by atoms with Crippen LogP contribution in [0.3, 0.4) is 0 Å². The predicted octanol–water partition coefficient (Wildman–Crippen LogP) is 5.17. The van der Waals surface area contributed by atoms with E-state index in [1.54, 1.807) is 35.5 Å². The number of fused-ring (bicyclic) bond motifs is 1. The van der Waals surface area contributed by atoms with Gasteiger partial charge in [0.05, 0.1) is 13.2 Å². The van der Waals surface area contributed by atoms with Crippen LogP contribution in [0.5, 0.6) is 5.75 Å². The standard InChI is InChI=1S/C27H30N2O3S/c1-27(2,3)29(26(31)20-8-6-5-7-9-20)18-24(30)28-16-14-23-22(15-17-33-23)25(28)19-10-12-21(32-4)13-11-19/h5-13,15,17,25H,14,16,18H2,1-4H3. The lowest BCUT2D eigenvalue weighted by molar-refractivity contribution is -0.135. The molecule has 33 heavy (non-hydrogen) atoms. The van der Waals surface area contributed by atoms with Crippen LogP contribution in [0, 0.1) is 0 Å². The van der Waals surface area contributed by atoms with Crippen LogP contribution in [-0.4, -0.2) is 47.4 Å². The highest BCUT2D eigenvalue weighted by Crippen LogP contribution is 2.38. The normalized spacial score (nSPS) is 15.6. The van der Waals surface area contributed by atoms with Crippen molar-refractivity contribution >= 4 is 23.2 Å². The van der Waals surface area contributed by atoms with Gasteiger partial charge in [0.1, 0.15) is 12.3 Å². The van der Waals surface area contributed by atoms with Gasteiger partial charge in [-0.05, 0) is 74.0 Å². The van der Waals surface area contributed by atoms with Crippen molar-refractivity contribution in [2.24, 2.45) is 0 Å². The van der Waals surface area contributed by atoms with Crippen LogP contribution in [0.4, 0.5) is 0 Å². The van der Waals surface area contributed by atoms with E-state index in [4.69, 9.17) is 4.74 Å². The molecule has 0 saturated heterocycles. The molecule has 1 aromatic heterocycles. The summed E-state index contributed by atoms with van der Waals surface area (Å²) < 4.78 is 5.32. The summed E-state index contributed by atoms with van der Waals surface area (Å²) in [6, 6.07) is 19.0. The first kappa shape index (κ1) is 23.1. The highest BCUT2D eigenvalue weighted by molar-refractivity contribution is 7.10. The molecule has 1 atom stereocenters. The highest BCUT2D eigenvalue weighted by atomic mass is 32.1. The molecule has 2 amide bonds. The van der Waals surface area contributed by atoms with Gasteiger partial charge in [-0.2, -0.15) is 0 Å². The van der Waals surface area contributed by atoms with Crippen molar-refractivity contribution in [2.45, 2.75) is 38.8 Å². The van der Waals surface area contributed by atoms with Crippen molar-refractivity contribution in [1.29, 1.82) is 0 Å². The van der Waals surface area contributed by atoms with Crippen molar-refractivity contribution < 1.29 is 14.3 Å². The van der Waals surface area contributed by atoms with Gasteiger partial charge < -0.3 is 14.5 Å². The molecule has 1 aliphatic rings. The quantitative estimate of drug-likeness (QED) is 0.526. The molecule has 0 N–H and O–H groups in total. The molecule has 0 radical (unpaired) electrons. The number of benzene rings is 2. The SMILES string of the molecule is COc1ccc(C2c3ccsc3CCN2C(=O)CN(C(=O)c2ccccc2)C(C)(C)C)cc1. The van der Waals surface area contributed by atoms with E-state index in [1.165, 1.54) is 10.4 Å². The smallest absolute Gasteiger partial charge is 0.254 e. The van der Waals surface area contributed by atoms with E-state index in [0.29, 0.717) is 12.1 Å². The molecule has 4 rings (SSSR count). The summed E-state index contributed by atoms with van der Waals surface area (Å²) >= 11 is 1.74. The number of hydrogen-bond donors (Lipinski definition) is 0. The molecule has 6 heteroatoms. The Morgan fingerprint density at radius 2 is 1.76 bits per heavy atom. The van der Waals surface area contributed by atoms with Crippen molar-refractivity contribution in [3.63, 3.8) is 0 Å². The maximum Gasteiger partial charge on any atom is 0.254 e. The fourth-order valence-electron chi connectivity index (χ4n) is 4.31. The second kappa shape index (κ2) is 9.40. The van der Waals surface area contributed by atoms with E-state index in [9.17, 15) is 9.59 Å². The molecule has 0 spiro atoms. The van der Waals surface area contributed by atoms with Gasteiger partial charge in [0.25, 0.3) is 5.91 Å². The first-order valence-corrected chi connectivity index (χ1v) is 12.0. The summed E-state index contributed by atoms with van der Waals surface area (Å²) in [6.45, 7) is 6.56. The topological polar surface area (TPSA) is 49.9 Å². The highest BCUT2D eigenvalue weighted by Gasteiger charge is 2.36. The molecule has 1 aliphatic heterocycles. The minimum absolute atomic E-state index is 0.0311. The van der Waals surface area contributed by atoms with Crippen LogP contribution in [0.2, 0.25) is 0 Å². The predicted molar refractivity (Wildman–Crippen MR) is 132 cm³/mol. The fourth-order valence-corrected chi connectivity index (χ4v) is 5.21. The maximum atomic E-state index is 13.7. The Bertz CT molecular complexity index is 1120. The first-order valence-electron chi connectivity index (χ1n) is 11.2. The molecule has 0 saturated carbocycles. The van der Waals surface area contributed by atoms with Gasteiger partial charge >= 0.3 is 0 Å². The zero-order chi connectivity index (χ0) is 23.6. The first-order chi connectivity index (χ1) is 15.8. The van der Waals surface area contributed by atoms with Crippen LogP contribution in [0.25, 0.3) is 0 Å². The second-order valence-corrected chi connectivity index (χ2v) is 10.2. The van der Waals surface area contributed by atoms with E-state index in [1.807, 2.05) is 68.1 Å². The van der Waals surface area contributed by atoms with Crippen molar-refractivity contribution in [3.05, 3.63) is 87.6 Å². The summed E-state index contributed by atoms with van der Waals surface area (Å²) in [6.07, 6.45) is 0.827. The summed E-state index contributed by atoms with van der Waals surface area (Å²) in [7, 11) is 1.65. The lowest BCUT2D eigenvalue weighted by Gasteiger charge is -2.40. The molecule has 0 bridgehead atoms. The number of ether oxygens (including phenoxy) is 1. The van der Waals surface area contributed by atoms with E-state index >= 15 is 0 Å². The third-order valence-electron chi connectivity index (χ3n) is 6.09. The van der Waals surface area contributed by atoms with Crippen molar-refractivity contribution in [1.82, 2.24) is 9.80 Å². The van der Waals surface area contributed by atoms with Crippen LogP contribution in [-0.2, 0) is 11.2 Å². The Morgan fingerprint density at radius 3 is 2.39 bits per heavy atom. The van der Waals surface area contributed by atoms with Gasteiger partial charge in [-0.1, -0.05) is 30.3 Å². The molecule has 3 aromatic rings. The molecule has 172 valence electrons. The number of carbonyl (C=O) groups is 2. The molecule has 0 aliphatic carbocycles. The number of methoxy groups -OCH3 is 1. The zero-order valence-electron chi connectivity index (χ0n) is 19.6. The van der Waals surface area contributed by atoms with Gasteiger partial charge in [0.2, 0.25) is 5.91 Å². The minimum Gasteiger partial charge on any atom is -0.497 e. The number of nitrogens with zero attached hydrogens (tertiary/aromatic N) is 2. The zero-order valence-corrected chi connectivity index (χ0v) is 20.4. The Balaban J connectivity index is 1.65. The van der Waals surface area contributed by atoms with E-state index in [0.717, 1.165) is 17.7 Å². The molecule has 1 unspecified atom stereocenters. The number of carbonyl (C=O) groups excluding carboxylic acids is 2. The number of amides is 2. The summed E-state index contributed by atoms with van der Waals surface area (Å²) in [5, 5.41) is 2.09. The Kier molecular flexibility index (Phi) is 6.56. The lowest BCUT2D eigenvalue weighted by Crippen LogP contribution is -2.52. The van der Waals surface area contributed by atoms with Crippen LogP contribution < -0.4 is 4.74 Å². The minimum atomic E-state index is -0.498. The lowest BCUT2D eigenvalue weighted by atomic mass is 9.93. The Labute approximate surface area is 199 Å². The van der Waals surface area contributed by atoms with Crippen molar-refractivity contribution in [2.75, 3.05) is 20.2 Å². The van der Waals surface area contributed by atoms with Gasteiger partial charge in [-0.15, -0.1) is 11.3 Å². The van der Waals surface area contributed by atoms with Crippen LogP contribution >= 0.6 is 11.3 Å². The van der Waals surface area contributed by atoms with Gasteiger partial charge in [-0.3, -0.25) is 9.59 Å². The maximum absolute atomic E-state index is 13.7. The third-order valence-corrected chi connectivity index (χ3v) is 7.08. The molecule has 2 heterocycles. The van der Waals surface area contributed by atoms with Crippen molar-refractivity contribution in [3.8, 4) is 5.75 Å². The molecule has 5 nitrogen and oxygen atoms in total. The van der Waals surface area contributed by atoms with Gasteiger partial charge in [0, 0.05) is 22.5 Å². The van der Waals surface area contributed by atoms with Gasteiger partial charge in [-0.25, -0.2) is 0 Å². The van der Waals surface area contributed by atoms with E-state index < -0.39 is 5.54 Å². The van der Waals surface area contributed by atoms with E-state index in [2.05, 4.69) is 11.4 Å². The number of rotatable bonds is 5. The molecule has 2 aromatic carbocycles. The molecule has 0 fully saturated rings. The number of hydrogen-bond acceptors (Lipinski definition) is 4. The fraction of sp³-hybridized carbons (Fsp3) is 0.333. The average Bonchev–Trinajstić information content (AvgIpc) is 3.30. The largest absolute Gasteiger partial charge is 0.497 e. The summed E-state index contributed by atoms with van der Waals surface area (Å²) in [4.78, 5) is 32.0. The molecular weight excluding hydrogens is 432 g/mol. The van der Waals surface area contributed by atoms with Gasteiger partial charge in [0.15, 0.2) is 0 Å². The monoisotopic (exact) mass is 462 g/mol. The Morgan fingerprint density at radius 1 is 1.06 bits per heavy atom. The van der Waals surface area contributed by atoms with Crippen LogP contribution in [0.15, 0.2) is 66.0 Å². The summed E-state index contributed by atoms with van der Waals surface area (Å²) in [5.74, 6) is 0.600. The van der Waals surface area contributed by atoms with Crippen LogP contribution in [0.1, 0.15) is 53.2 Å². The molecular formula is C27H30N2O3S.